The molecule has 0 saturated carbocycles. The molecule has 6 aromatic rings. The first kappa shape index (κ1) is 56.9. The minimum absolute atomic E-state index is 0.0515. The molecule has 0 fully saturated rings. The van der Waals surface area contributed by atoms with Crippen LogP contribution in [0.2, 0.25) is 0 Å². The zero-order valence-electron chi connectivity index (χ0n) is 42.1. The number of azide groups is 1. The van der Waals surface area contributed by atoms with Crippen molar-refractivity contribution in [2.24, 2.45) is 5.11 Å². The Kier molecular flexibility index (Phi) is 23.4. The van der Waals surface area contributed by atoms with E-state index in [1.54, 1.807) is 123 Å². The number of anilines is 2. The number of carbonyl (C=O) groups excluding carboxylic acids is 5. The molecule has 7 N–H and O–H groups in total. The van der Waals surface area contributed by atoms with Gasteiger partial charge in [-0.05, 0) is 120 Å². The molecule has 0 bridgehead atoms. The van der Waals surface area contributed by atoms with E-state index in [2.05, 4.69) is 50.1 Å². The maximum atomic E-state index is 13.0. The molecule has 1 aliphatic rings. The number of hydrogen-bond acceptors (Lipinski definition) is 12. The number of amides is 7. The van der Waals surface area contributed by atoms with Gasteiger partial charge >= 0.3 is 12.1 Å². The van der Waals surface area contributed by atoms with E-state index in [-0.39, 0.29) is 31.4 Å². The fourth-order valence-electron chi connectivity index (χ4n) is 7.18. The van der Waals surface area contributed by atoms with Crippen LogP contribution in [0.4, 0.5) is 21.0 Å². The van der Waals surface area contributed by atoms with Crippen molar-refractivity contribution in [3.05, 3.63) is 177 Å². The summed E-state index contributed by atoms with van der Waals surface area (Å²) in [6.45, 7) is 9.00. The number of fused-ring (bicyclic) bond motifs is 1. The number of nitrogens with zero attached hydrogens (tertiary/aromatic N) is 8. The van der Waals surface area contributed by atoms with Crippen LogP contribution in [0.5, 0.6) is 11.5 Å². The molecule has 0 spiro atoms. The molecule has 7 rings (SSSR count). The number of benzene rings is 5. The zero-order chi connectivity index (χ0) is 53.8. The predicted molar refractivity (Wildman–Crippen MR) is 280 cm³/mol. The van der Waals surface area contributed by atoms with E-state index in [4.69, 9.17) is 25.4 Å². The average molecular weight is 1030 g/mol. The molecule has 2 heterocycles. The molecular formula is C53H63N13O9. The van der Waals surface area contributed by atoms with Crippen molar-refractivity contribution in [2.75, 3.05) is 30.5 Å². The Bertz CT molecular complexity index is 2800. The number of aromatic nitrogens is 3. The van der Waals surface area contributed by atoms with Gasteiger partial charge in [-0.2, -0.15) is 0 Å². The minimum Gasteiger partial charge on any atom is -0.488 e. The van der Waals surface area contributed by atoms with E-state index in [9.17, 15) is 24.0 Å². The van der Waals surface area contributed by atoms with Crippen LogP contribution in [-0.2, 0) is 32.8 Å². The molecule has 22 nitrogen and oxygen atoms in total. The van der Waals surface area contributed by atoms with Gasteiger partial charge in [0.15, 0.2) is 13.5 Å². The number of rotatable bonds is 22. The monoisotopic (exact) mass is 1030 g/mol. The molecule has 1 aromatic heterocycles. The second-order valence-corrected chi connectivity index (χ2v) is 16.9. The second kappa shape index (κ2) is 30.8. The standard InChI is InChI=1S/C25H32N6O4.C20H24N6O4.C8H7NO/c1-3-5-15-30(16-19-7-9-20(10-8-19)24(32)28-34)25(33)26-21-11-13-23(14-12-21)35-18-31-17-22(6-4-2)27-29-31;1-2-3-12-26(13-15-4-6-16(7-5-15)19(27)24-29)20(28)23-17-8-10-18(11-9-17)30-14-22-25-21;10-8-7-4-2-1-3-6(7)5-9-8/h7-14,17,34H,3-6,15-16,18H2,1-2H3,(H,26,33)(H,28,32);4-11,29H,2-3,12-14H2,1H3,(H,23,28)(H,24,27);1-4H,5H2,(H,9,10). The van der Waals surface area contributed by atoms with Crippen molar-refractivity contribution in [2.45, 2.75) is 85.7 Å². The van der Waals surface area contributed by atoms with Crippen LogP contribution in [0.1, 0.15) is 106 Å². The summed E-state index contributed by atoms with van der Waals surface area (Å²) < 4.78 is 12.6. The zero-order valence-corrected chi connectivity index (χ0v) is 42.1. The van der Waals surface area contributed by atoms with Gasteiger partial charge in [0.05, 0.1) is 11.9 Å². The Morgan fingerprint density at radius 2 is 1.21 bits per heavy atom. The first-order valence-electron chi connectivity index (χ1n) is 24.4. The van der Waals surface area contributed by atoms with Gasteiger partial charge in [-0.15, -0.1) is 5.10 Å². The maximum absolute atomic E-state index is 13.0. The summed E-state index contributed by atoms with van der Waals surface area (Å²) in [6.07, 6.45) is 7.39. The first-order chi connectivity index (χ1) is 36.5. The Hall–Kier alpha value is -8.98. The molecule has 0 radical (unpaired) electrons. The van der Waals surface area contributed by atoms with E-state index in [0.717, 1.165) is 66.5 Å². The SMILES string of the molecule is CCCCN(Cc1ccc(C(=O)NO)cc1)C(=O)Nc1ccc(OCN=[N+]=[N-])cc1.CCCCN(Cc1ccc(C(=O)NO)cc1)C(=O)Nc1ccc(OCn2cc(CCC)nn2)cc1.O=C1NCc2ccccc21. The molecule has 0 saturated heterocycles. The Balaban J connectivity index is 0.000000235. The summed E-state index contributed by atoms with van der Waals surface area (Å²) in [5.41, 5.74) is 18.0. The third-order valence-corrected chi connectivity index (χ3v) is 11.2. The number of ether oxygens (including phenoxy) is 2. The lowest BCUT2D eigenvalue weighted by atomic mass is 10.1. The van der Waals surface area contributed by atoms with Crippen LogP contribution < -0.4 is 36.4 Å². The van der Waals surface area contributed by atoms with Gasteiger partial charge in [0.25, 0.3) is 17.7 Å². The van der Waals surface area contributed by atoms with Gasteiger partial charge in [0, 0.05) is 65.7 Å². The molecule has 394 valence electrons. The van der Waals surface area contributed by atoms with Gasteiger partial charge in [-0.3, -0.25) is 24.8 Å². The lowest BCUT2D eigenvalue weighted by Gasteiger charge is -2.23. The molecule has 22 heteroatoms. The number of nitrogens with one attached hydrogen (secondary N) is 5. The molecule has 0 unspecified atom stereocenters. The smallest absolute Gasteiger partial charge is 0.322 e. The van der Waals surface area contributed by atoms with Crippen LogP contribution in [0.25, 0.3) is 10.4 Å². The Morgan fingerprint density at radius 1 is 0.707 bits per heavy atom. The number of urea groups is 2. The van der Waals surface area contributed by atoms with Gasteiger partial charge in [0.2, 0.25) is 0 Å². The average Bonchev–Trinajstić information content (AvgIpc) is 4.07. The third kappa shape index (κ3) is 18.9. The van der Waals surface area contributed by atoms with Crippen LogP contribution >= 0.6 is 0 Å². The minimum atomic E-state index is -0.589. The second-order valence-electron chi connectivity index (χ2n) is 16.9. The molecule has 7 amide bonds. The van der Waals surface area contributed by atoms with Gasteiger partial charge in [0.1, 0.15) is 11.5 Å². The lowest BCUT2D eigenvalue weighted by Crippen LogP contribution is -2.35. The largest absolute Gasteiger partial charge is 0.488 e. The van der Waals surface area contributed by atoms with Crippen molar-refractivity contribution in [3.63, 3.8) is 0 Å². The highest BCUT2D eigenvalue weighted by molar-refractivity contribution is 5.98. The first-order valence-corrected chi connectivity index (χ1v) is 24.4. The van der Waals surface area contributed by atoms with Crippen LogP contribution in [0.3, 0.4) is 0 Å². The van der Waals surface area contributed by atoms with E-state index < -0.39 is 11.8 Å². The quantitative estimate of drug-likeness (QED) is 0.0110. The lowest BCUT2D eigenvalue weighted by molar-refractivity contribution is 0.0702. The van der Waals surface area contributed by atoms with Gasteiger partial charge < -0.3 is 35.2 Å². The normalized spacial score (nSPS) is 10.9. The van der Waals surface area contributed by atoms with Crippen molar-refractivity contribution < 1.29 is 43.9 Å². The van der Waals surface area contributed by atoms with Crippen molar-refractivity contribution in [1.29, 1.82) is 0 Å². The van der Waals surface area contributed by atoms with Crippen LogP contribution in [-0.4, -0.2) is 84.8 Å². The molecule has 0 atom stereocenters. The van der Waals surface area contributed by atoms with Gasteiger partial charge in [-0.1, -0.05) is 92.8 Å². The summed E-state index contributed by atoms with van der Waals surface area (Å²) >= 11 is 0. The molecule has 1 aliphatic heterocycles. The van der Waals surface area contributed by atoms with E-state index in [1.807, 2.05) is 37.4 Å². The summed E-state index contributed by atoms with van der Waals surface area (Å²) in [6, 6.07) is 34.5. The van der Waals surface area contributed by atoms with Crippen LogP contribution in [0, 0.1) is 0 Å². The molecular weight excluding hydrogens is 963 g/mol. The fourth-order valence-corrected chi connectivity index (χ4v) is 7.18. The summed E-state index contributed by atoms with van der Waals surface area (Å²) in [7, 11) is 0. The molecule has 0 aliphatic carbocycles. The highest BCUT2D eigenvalue weighted by Crippen LogP contribution is 2.20. The van der Waals surface area contributed by atoms with Crippen LogP contribution in [0.15, 0.2) is 133 Å². The number of unbranched alkanes of at least 4 members (excludes halogenated alkanes) is 2. The summed E-state index contributed by atoms with van der Waals surface area (Å²) in [5.74, 6) is 0.0670. The van der Waals surface area contributed by atoms with Crippen molar-refractivity contribution in [3.8, 4) is 11.5 Å². The molecule has 5 aromatic carbocycles. The third-order valence-electron chi connectivity index (χ3n) is 11.2. The highest BCUT2D eigenvalue weighted by Gasteiger charge is 2.18. The van der Waals surface area contributed by atoms with E-state index in [1.165, 1.54) is 0 Å². The fraction of sp³-hybridized carbons (Fsp3) is 0.302. The van der Waals surface area contributed by atoms with Crippen molar-refractivity contribution >= 4 is 41.2 Å². The number of aryl methyl sites for hydroxylation is 1. The van der Waals surface area contributed by atoms with Crippen molar-refractivity contribution in [1.82, 2.24) is 41.1 Å². The van der Waals surface area contributed by atoms with E-state index in [0.29, 0.717) is 66.7 Å². The summed E-state index contributed by atoms with van der Waals surface area (Å²) in [5, 5.41) is 37.4. The topological polar surface area (TPSA) is 290 Å². The molecule has 75 heavy (non-hydrogen) atoms. The number of hydroxylamine groups is 2. The Labute approximate surface area is 434 Å². The maximum Gasteiger partial charge on any atom is 0.322 e. The Morgan fingerprint density at radius 3 is 1.68 bits per heavy atom. The van der Waals surface area contributed by atoms with E-state index >= 15 is 0 Å². The summed E-state index contributed by atoms with van der Waals surface area (Å²) in [4.78, 5) is 65.7. The number of hydrogen-bond donors (Lipinski definition) is 7. The number of carbonyl (C=O) groups is 5. The highest BCUT2D eigenvalue weighted by atomic mass is 16.5. The van der Waals surface area contributed by atoms with Gasteiger partial charge in [-0.25, -0.2) is 25.2 Å². The predicted octanol–water partition coefficient (Wildman–Crippen LogP) is 9.44.